The first kappa shape index (κ1) is 22.7. The Morgan fingerprint density at radius 3 is 2.63 bits per heavy atom. The first-order valence-electron chi connectivity index (χ1n) is 11.1. The van der Waals surface area contributed by atoms with Gasteiger partial charge in [-0.1, -0.05) is 61.3 Å². The molecule has 3 heterocycles. The summed E-state index contributed by atoms with van der Waals surface area (Å²) in [5, 5.41) is 14.3. The molecule has 0 fully saturated rings. The van der Waals surface area contributed by atoms with Crippen LogP contribution in [0.4, 0.5) is 4.39 Å². The number of hydrogen-bond acceptors (Lipinski definition) is 5. The van der Waals surface area contributed by atoms with Crippen LogP contribution < -0.4 is 5.69 Å². The molecular formula is C25H21ClFN7O. The van der Waals surface area contributed by atoms with Crippen LogP contribution in [0.15, 0.2) is 71.8 Å². The summed E-state index contributed by atoms with van der Waals surface area (Å²) in [5.74, 6) is -0.133. The van der Waals surface area contributed by atoms with Gasteiger partial charge in [0.25, 0.3) is 0 Å². The second kappa shape index (κ2) is 9.63. The van der Waals surface area contributed by atoms with Crippen LogP contribution in [0.3, 0.4) is 0 Å². The monoisotopic (exact) mass is 489 g/mol. The highest BCUT2D eigenvalue weighted by Crippen LogP contribution is 2.28. The van der Waals surface area contributed by atoms with E-state index in [4.69, 9.17) is 11.6 Å². The van der Waals surface area contributed by atoms with Gasteiger partial charge in [-0.2, -0.15) is 5.21 Å². The summed E-state index contributed by atoms with van der Waals surface area (Å²) >= 11 is 6.23. The maximum absolute atomic E-state index is 14.5. The first-order valence-corrected chi connectivity index (χ1v) is 11.5. The van der Waals surface area contributed by atoms with Crippen LogP contribution in [0.2, 0.25) is 5.02 Å². The summed E-state index contributed by atoms with van der Waals surface area (Å²) in [7, 11) is 0. The Labute approximate surface area is 205 Å². The molecule has 0 amide bonds. The van der Waals surface area contributed by atoms with Crippen molar-refractivity contribution in [3.8, 4) is 28.3 Å². The fourth-order valence-corrected chi connectivity index (χ4v) is 4.34. The number of aromatic amines is 1. The molecule has 0 saturated heterocycles. The smallest absolute Gasteiger partial charge is 0.292 e. The summed E-state index contributed by atoms with van der Waals surface area (Å²) in [4.78, 5) is 17.7. The molecule has 2 aromatic carbocycles. The van der Waals surface area contributed by atoms with Crippen molar-refractivity contribution in [2.24, 2.45) is 0 Å². The summed E-state index contributed by atoms with van der Waals surface area (Å²) in [6.07, 6.45) is 4.87. The zero-order valence-electron chi connectivity index (χ0n) is 18.8. The SMILES string of the molecule is CCCc1cn(-c2c(F)cccc2Cl)c(=O)n1Cc1ccc(-c2cccnc2-c2nn[nH]n2)cc1. The number of para-hydroxylation sites is 1. The number of pyridine rings is 1. The Hall–Kier alpha value is -4.11. The van der Waals surface area contributed by atoms with Crippen molar-refractivity contribution in [1.29, 1.82) is 0 Å². The van der Waals surface area contributed by atoms with Crippen molar-refractivity contribution in [2.45, 2.75) is 26.3 Å². The van der Waals surface area contributed by atoms with Crippen LogP contribution in [-0.4, -0.2) is 34.7 Å². The van der Waals surface area contributed by atoms with Crippen LogP contribution in [0, 0.1) is 5.82 Å². The van der Waals surface area contributed by atoms with Gasteiger partial charge in [0.1, 0.15) is 17.2 Å². The normalized spacial score (nSPS) is 11.2. The van der Waals surface area contributed by atoms with Gasteiger partial charge < -0.3 is 0 Å². The van der Waals surface area contributed by atoms with Gasteiger partial charge in [0.2, 0.25) is 5.82 Å². The van der Waals surface area contributed by atoms with Crippen LogP contribution >= 0.6 is 11.6 Å². The van der Waals surface area contributed by atoms with E-state index in [1.165, 1.54) is 16.7 Å². The Morgan fingerprint density at radius 1 is 1.09 bits per heavy atom. The molecule has 0 aliphatic carbocycles. The molecule has 0 spiro atoms. The first-order chi connectivity index (χ1) is 17.1. The largest absolute Gasteiger partial charge is 0.333 e. The van der Waals surface area contributed by atoms with Crippen molar-refractivity contribution in [3.05, 3.63) is 99.6 Å². The van der Waals surface area contributed by atoms with E-state index in [1.807, 2.05) is 43.3 Å². The van der Waals surface area contributed by atoms with E-state index in [0.717, 1.165) is 28.8 Å². The van der Waals surface area contributed by atoms with Crippen LogP contribution in [0.5, 0.6) is 0 Å². The van der Waals surface area contributed by atoms with Crippen molar-refractivity contribution in [2.75, 3.05) is 0 Å². The van der Waals surface area contributed by atoms with E-state index >= 15 is 0 Å². The zero-order chi connectivity index (χ0) is 24.4. The third kappa shape index (κ3) is 4.38. The van der Waals surface area contributed by atoms with E-state index in [1.54, 1.807) is 23.0 Å². The van der Waals surface area contributed by atoms with E-state index in [9.17, 15) is 9.18 Å². The molecule has 35 heavy (non-hydrogen) atoms. The number of nitrogens with zero attached hydrogens (tertiary/aromatic N) is 6. The Bertz CT molecular complexity index is 1500. The second-order valence-corrected chi connectivity index (χ2v) is 8.42. The van der Waals surface area contributed by atoms with Gasteiger partial charge in [0.05, 0.1) is 11.6 Å². The van der Waals surface area contributed by atoms with Gasteiger partial charge in [-0.3, -0.25) is 14.1 Å². The minimum Gasteiger partial charge on any atom is -0.292 e. The predicted molar refractivity (Wildman–Crippen MR) is 131 cm³/mol. The summed E-state index contributed by atoms with van der Waals surface area (Å²) < 4.78 is 17.5. The van der Waals surface area contributed by atoms with Crippen LogP contribution in [0.25, 0.3) is 28.3 Å². The molecule has 0 bridgehead atoms. The van der Waals surface area contributed by atoms with Crippen molar-refractivity contribution >= 4 is 11.6 Å². The van der Waals surface area contributed by atoms with Gasteiger partial charge in [-0.25, -0.2) is 9.18 Å². The van der Waals surface area contributed by atoms with E-state index < -0.39 is 5.82 Å². The molecule has 10 heteroatoms. The molecule has 0 radical (unpaired) electrons. The summed E-state index contributed by atoms with van der Waals surface area (Å²) in [5.41, 5.74) is 3.88. The number of H-pyrrole nitrogens is 1. The molecule has 0 aliphatic rings. The molecule has 0 aliphatic heterocycles. The van der Waals surface area contributed by atoms with Crippen LogP contribution in [-0.2, 0) is 13.0 Å². The highest BCUT2D eigenvalue weighted by atomic mass is 35.5. The lowest BCUT2D eigenvalue weighted by Crippen LogP contribution is -2.25. The maximum Gasteiger partial charge on any atom is 0.333 e. The molecule has 0 atom stereocenters. The third-order valence-electron chi connectivity index (χ3n) is 5.72. The Kier molecular flexibility index (Phi) is 6.24. The minimum atomic E-state index is -0.543. The molecule has 8 nitrogen and oxygen atoms in total. The number of aryl methyl sites for hydroxylation is 1. The molecule has 0 unspecified atom stereocenters. The number of tetrazole rings is 1. The topological polar surface area (TPSA) is 94.3 Å². The quantitative estimate of drug-likeness (QED) is 0.358. The third-order valence-corrected chi connectivity index (χ3v) is 6.02. The van der Waals surface area contributed by atoms with Crippen molar-refractivity contribution in [3.63, 3.8) is 0 Å². The van der Waals surface area contributed by atoms with Gasteiger partial charge in [0, 0.05) is 23.7 Å². The number of nitrogens with one attached hydrogen (secondary N) is 1. The number of hydrogen-bond donors (Lipinski definition) is 1. The van der Waals surface area contributed by atoms with E-state index in [0.29, 0.717) is 24.5 Å². The molecule has 5 aromatic rings. The number of halogens is 2. The highest BCUT2D eigenvalue weighted by molar-refractivity contribution is 6.32. The summed E-state index contributed by atoms with van der Waals surface area (Å²) in [6, 6.07) is 16.0. The van der Waals surface area contributed by atoms with Gasteiger partial charge >= 0.3 is 5.69 Å². The van der Waals surface area contributed by atoms with Crippen molar-refractivity contribution in [1.82, 2.24) is 34.7 Å². The molecule has 1 N–H and O–H groups in total. The van der Waals surface area contributed by atoms with Crippen molar-refractivity contribution < 1.29 is 4.39 Å². The van der Waals surface area contributed by atoms with E-state index in [2.05, 4.69) is 25.6 Å². The average Bonchev–Trinajstić information content (AvgIpc) is 3.50. The standard InChI is InChI=1S/C25H21ClFN7O/c1-2-5-18-15-34(23-20(26)7-3-8-21(23)27)25(35)33(18)14-16-9-11-17(12-10-16)19-6-4-13-28-22(19)24-29-31-32-30-24/h3-4,6-13,15H,2,5,14H2,1H3,(H,29,30,31,32). The van der Waals surface area contributed by atoms with Gasteiger partial charge in [-0.15, -0.1) is 10.2 Å². The van der Waals surface area contributed by atoms with E-state index in [-0.39, 0.29) is 16.4 Å². The molecule has 3 aromatic heterocycles. The number of imidazole rings is 1. The molecule has 5 rings (SSSR count). The highest BCUT2D eigenvalue weighted by Gasteiger charge is 2.18. The number of benzene rings is 2. The molecular weight excluding hydrogens is 469 g/mol. The lowest BCUT2D eigenvalue weighted by molar-refractivity contribution is 0.613. The van der Waals surface area contributed by atoms with Gasteiger partial charge in [-0.05, 0) is 41.0 Å². The fourth-order valence-electron chi connectivity index (χ4n) is 4.08. The predicted octanol–water partition coefficient (Wildman–Crippen LogP) is 4.67. The Balaban J connectivity index is 1.49. The number of rotatable bonds is 7. The second-order valence-electron chi connectivity index (χ2n) is 8.01. The lowest BCUT2D eigenvalue weighted by atomic mass is 10.0. The Morgan fingerprint density at radius 2 is 1.91 bits per heavy atom. The summed E-state index contributed by atoms with van der Waals surface area (Å²) in [6.45, 7) is 2.38. The minimum absolute atomic E-state index is 0.0659. The molecule has 0 saturated carbocycles. The lowest BCUT2D eigenvalue weighted by Gasteiger charge is -2.09. The van der Waals surface area contributed by atoms with Crippen LogP contribution in [0.1, 0.15) is 24.6 Å². The van der Waals surface area contributed by atoms with Gasteiger partial charge in [0.15, 0.2) is 0 Å². The maximum atomic E-state index is 14.5. The fraction of sp³-hybridized carbons (Fsp3) is 0.160. The molecule has 176 valence electrons. The zero-order valence-corrected chi connectivity index (χ0v) is 19.6. The number of aromatic nitrogens is 7. The average molecular weight is 490 g/mol.